The topological polar surface area (TPSA) is 104 Å². The van der Waals surface area contributed by atoms with Crippen LogP contribution in [0, 0.1) is 23.0 Å². The van der Waals surface area contributed by atoms with E-state index < -0.39 is 23.3 Å². The van der Waals surface area contributed by atoms with Crippen molar-refractivity contribution in [2.75, 3.05) is 50.5 Å². The van der Waals surface area contributed by atoms with Crippen LogP contribution in [0.3, 0.4) is 0 Å². The molecule has 4 aromatic rings. The number of nitrogen functional groups attached to an aromatic ring is 1. The van der Waals surface area contributed by atoms with Crippen LogP contribution < -0.4 is 15.4 Å². The lowest BCUT2D eigenvalue weighted by atomic mass is 9.86. The largest absolute Gasteiger partial charge is 0.461 e. The monoisotopic (exact) mass is 647 g/mol. The normalized spacial score (nSPS) is 27.3. The van der Waals surface area contributed by atoms with E-state index in [1.54, 1.807) is 6.07 Å². The van der Waals surface area contributed by atoms with E-state index in [1.165, 1.54) is 17.4 Å². The van der Waals surface area contributed by atoms with Crippen molar-refractivity contribution in [2.24, 2.45) is 0 Å². The number of hydrogen-bond acceptors (Lipinski definition) is 10. The molecule has 13 heteroatoms. The lowest BCUT2D eigenvalue weighted by molar-refractivity contribution is 0.107. The van der Waals surface area contributed by atoms with Crippen molar-refractivity contribution in [3.05, 3.63) is 40.5 Å². The van der Waals surface area contributed by atoms with Gasteiger partial charge in [-0.2, -0.15) is 15.2 Å². The molecule has 9 nitrogen and oxygen atoms in total. The number of hydrogen-bond donors (Lipinski definition) is 1. The molecule has 5 fully saturated rings. The fourth-order valence-electron chi connectivity index (χ4n) is 8.86. The summed E-state index contributed by atoms with van der Waals surface area (Å²) in [5.41, 5.74) is 7.10. The number of benzene rings is 2. The molecule has 0 aliphatic carbocycles. The van der Waals surface area contributed by atoms with Crippen LogP contribution in [0.4, 0.5) is 24.0 Å². The summed E-state index contributed by atoms with van der Waals surface area (Å²) in [5, 5.41) is 11.0. The summed E-state index contributed by atoms with van der Waals surface area (Å²) in [4.78, 5) is 16.3. The molecule has 0 radical (unpaired) electrons. The van der Waals surface area contributed by atoms with E-state index in [1.807, 2.05) is 0 Å². The maximum atomic E-state index is 17.3. The SMILES string of the molecule is CN1CC2CC(C1)N2c1nc(OC[C@@]23CCCN2C[C@H](F)C3)nc2c(F)c(-c3c(F)ccc4sc(N)c(C#N)c34)c3c(c12)COC3. The first-order valence-electron chi connectivity index (χ1n) is 15.8. The lowest BCUT2D eigenvalue weighted by Gasteiger charge is -2.56. The third-order valence-electron chi connectivity index (χ3n) is 10.8. The Bertz CT molecular complexity index is 1990. The summed E-state index contributed by atoms with van der Waals surface area (Å²) < 4.78 is 60.6. The number of thiophene rings is 1. The van der Waals surface area contributed by atoms with Crippen LogP contribution in [0.5, 0.6) is 6.01 Å². The fraction of sp³-hybridized carbons (Fsp3) is 0.485. The van der Waals surface area contributed by atoms with Gasteiger partial charge in [0.1, 0.15) is 41.0 Å². The molecule has 6 aliphatic heterocycles. The van der Waals surface area contributed by atoms with Gasteiger partial charge in [0.05, 0.1) is 29.7 Å². The first-order chi connectivity index (χ1) is 22.3. The highest BCUT2D eigenvalue weighted by Gasteiger charge is 2.50. The smallest absolute Gasteiger partial charge is 0.319 e. The number of aromatic nitrogens is 2. The summed E-state index contributed by atoms with van der Waals surface area (Å²) in [6, 6.07) is 5.35. The van der Waals surface area contributed by atoms with Crippen molar-refractivity contribution in [3.8, 4) is 23.2 Å². The average molecular weight is 648 g/mol. The Hall–Kier alpha value is -3.70. The highest BCUT2D eigenvalue weighted by Crippen LogP contribution is 2.49. The highest BCUT2D eigenvalue weighted by molar-refractivity contribution is 7.23. The Morgan fingerprint density at radius 2 is 1.93 bits per heavy atom. The Morgan fingerprint density at radius 1 is 1.13 bits per heavy atom. The van der Waals surface area contributed by atoms with Gasteiger partial charge >= 0.3 is 6.01 Å². The first-order valence-corrected chi connectivity index (χ1v) is 16.6. The Morgan fingerprint density at radius 3 is 2.74 bits per heavy atom. The number of nitriles is 1. The van der Waals surface area contributed by atoms with E-state index in [4.69, 9.17) is 20.2 Å². The number of likely N-dealkylation sites (N-methyl/N-ethyl adjacent to an activating group) is 1. The molecule has 2 aromatic heterocycles. The second kappa shape index (κ2) is 10.1. The van der Waals surface area contributed by atoms with E-state index in [2.05, 4.69) is 32.8 Å². The van der Waals surface area contributed by atoms with Crippen LogP contribution in [-0.2, 0) is 18.0 Å². The van der Waals surface area contributed by atoms with Gasteiger partial charge in [-0.1, -0.05) is 0 Å². The first kappa shape index (κ1) is 28.5. The number of alkyl halides is 1. The quantitative estimate of drug-likeness (QED) is 0.316. The van der Waals surface area contributed by atoms with Crippen LogP contribution >= 0.6 is 11.3 Å². The molecule has 2 bridgehead atoms. The summed E-state index contributed by atoms with van der Waals surface area (Å²) in [7, 11) is 2.09. The minimum Gasteiger partial charge on any atom is -0.461 e. The fourth-order valence-corrected chi connectivity index (χ4v) is 9.79. The number of piperazine rings is 1. The molecule has 0 saturated carbocycles. The van der Waals surface area contributed by atoms with Crippen molar-refractivity contribution in [2.45, 2.75) is 62.7 Å². The third-order valence-corrected chi connectivity index (χ3v) is 11.8. The van der Waals surface area contributed by atoms with Crippen molar-refractivity contribution in [3.63, 3.8) is 0 Å². The molecule has 6 aliphatic rings. The second-order valence-electron chi connectivity index (χ2n) is 13.5. The maximum absolute atomic E-state index is 17.3. The molecule has 10 rings (SSSR count). The van der Waals surface area contributed by atoms with Crippen molar-refractivity contribution in [1.29, 1.82) is 5.26 Å². The van der Waals surface area contributed by atoms with Gasteiger partial charge in [0.25, 0.3) is 0 Å². The van der Waals surface area contributed by atoms with E-state index in [9.17, 15) is 9.65 Å². The van der Waals surface area contributed by atoms with E-state index >= 15 is 8.78 Å². The molecule has 2 N–H and O–H groups in total. The molecule has 0 amide bonds. The lowest BCUT2D eigenvalue weighted by Crippen LogP contribution is -2.68. The average Bonchev–Trinajstić information content (AvgIpc) is 3.79. The molecular weight excluding hydrogens is 615 g/mol. The number of halogens is 3. The van der Waals surface area contributed by atoms with Crippen LogP contribution in [-0.4, -0.2) is 83.4 Å². The minimum absolute atomic E-state index is 0.0178. The zero-order chi connectivity index (χ0) is 31.5. The summed E-state index contributed by atoms with van der Waals surface area (Å²) >= 11 is 1.17. The molecule has 2 aromatic carbocycles. The van der Waals surface area contributed by atoms with Gasteiger partial charge in [0.2, 0.25) is 0 Å². The number of nitrogens with zero attached hydrogens (tertiary/aromatic N) is 6. The summed E-state index contributed by atoms with van der Waals surface area (Å²) in [6.07, 6.45) is 2.25. The molecule has 8 heterocycles. The van der Waals surface area contributed by atoms with Gasteiger partial charge in [0, 0.05) is 59.4 Å². The predicted molar refractivity (Wildman–Crippen MR) is 169 cm³/mol. The van der Waals surface area contributed by atoms with Gasteiger partial charge in [-0.3, -0.25) is 4.90 Å². The number of fused-ring (bicyclic) bond motifs is 7. The number of ether oxygens (including phenoxy) is 2. The van der Waals surface area contributed by atoms with Gasteiger partial charge in [0.15, 0.2) is 5.82 Å². The van der Waals surface area contributed by atoms with Gasteiger partial charge in [-0.05, 0) is 56.1 Å². The van der Waals surface area contributed by atoms with Crippen LogP contribution in [0.25, 0.3) is 32.1 Å². The Labute approximate surface area is 267 Å². The minimum atomic E-state index is -0.918. The highest BCUT2D eigenvalue weighted by atomic mass is 32.1. The molecule has 238 valence electrons. The number of rotatable bonds is 5. The molecule has 2 unspecified atom stereocenters. The number of anilines is 2. The Balaban J connectivity index is 1.26. The second-order valence-corrected chi connectivity index (χ2v) is 14.6. The predicted octanol–water partition coefficient (Wildman–Crippen LogP) is 5.12. The van der Waals surface area contributed by atoms with Gasteiger partial charge in [-0.15, -0.1) is 11.3 Å². The van der Waals surface area contributed by atoms with E-state index in [0.717, 1.165) is 38.9 Å². The number of piperidine rings is 1. The molecule has 46 heavy (non-hydrogen) atoms. The zero-order valence-corrected chi connectivity index (χ0v) is 26.1. The van der Waals surface area contributed by atoms with Crippen molar-refractivity contribution >= 4 is 43.1 Å². The van der Waals surface area contributed by atoms with Crippen LogP contribution in [0.2, 0.25) is 0 Å². The van der Waals surface area contributed by atoms with E-state index in [0.29, 0.717) is 40.0 Å². The molecule has 5 saturated heterocycles. The van der Waals surface area contributed by atoms with Gasteiger partial charge < -0.3 is 25.0 Å². The maximum Gasteiger partial charge on any atom is 0.319 e. The van der Waals surface area contributed by atoms with Crippen molar-refractivity contribution in [1.82, 2.24) is 19.8 Å². The van der Waals surface area contributed by atoms with Crippen LogP contribution in [0.1, 0.15) is 42.4 Å². The third kappa shape index (κ3) is 3.96. The summed E-state index contributed by atoms with van der Waals surface area (Å²) in [6.45, 7) is 3.35. The molecule has 0 spiro atoms. The van der Waals surface area contributed by atoms with Gasteiger partial charge in [-0.25, -0.2) is 13.2 Å². The van der Waals surface area contributed by atoms with Crippen LogP contribution in [0.15, 0.2) is 12.1 Å². The van der Waals surface area contributed by atoms with Crippen molar-refractivity contribution < 1.29 is 22.6 Å². The molecule has 4 atom stereocenters. The molecular formula is C33H32F3N7O2S. The standard InChI is InChI=1S/C33H32F3N7O2S/c1-41-11-17-7-18(12-41)43(17)31-26-21-14-44-13-20(21)25(27-22(35)3-4-23-24(27)19(9-37)30(38)46-23)28(36)29(26)39-32(40-31)45-15-33-5-2-6-42(33)10-16(34)8-33/h3-4,16-18H,2,5-8,10-15,38H2,1H3/t16-,17?,18?,33+/m1/s1. The summed E-state index contributed by atoms with van der Waals surface area (Å²) in [5.74, 6) is -0.795. The Kier molecular flexibility index (Phi) is 6.29. The van der Waals surface area contributed by atoms with E-state index in [-0.39, 0.29) is 70.5 Å². The zero-order valence-electron chi connectivity index (χ0n) is 25.3. The number of nitrogens with two attached hydrogens (primary N) is 1.